The molecule has 110 valence electrons. The van der Waals surface area contributed by atoms with Crippen LogP contribution in [0.2, 0.25) is 0 Å². The number of para-hydroxylation sites is 1. The van der Waals surface area contributed by atoms with Gasteiger partial charge in [-0.1, -0.05) is 51.3 Å². The van der Waals surface area contributed by atoms with Gasteiger partial charge >= 0.3 is 0 Å². The van der Waals surface area contributed by atoms with Crippen LogP contribution in [0, 0.1) is 5.92 Å². The molecule has 2 N–H and O–H groups in total. The first kappa shape index (κ1) is 15.1. The molecule has 2 heteroatoms. The van der Waals surface area contributed by atoms with Crippen molar-refractivity contribution >= 4 is 10.9 Å². The fourth-order valence-electron chi connectivity index (χ4n) is 3.02. The molecule has 0 saturated heterocycles. The van der Waals surface area contributed by atoms with E-state index in [4.69, 9.17) is 5.73 Å². The van der Waals surface area contributed by atoms with Gasteiger partial charge in [-0.3, -0.25) is 0 Å². The Hall–Kier alpha value is -1.28. The lowest BCUT2D eigenvalue weighted by Crippen LogP contribution is -2.09. The second kappa shape index (κ2) is 7.49. The molecule has 0 fully saturated rings. The zero-order chi connectivity index (χ0) is 14.4. The summed E-state index contributed by atoms with van der Waals surface area (Å²) >= 11 is 0. The lowest BCUT2D eigenvalue weighted by Gasteiger charge is -2.16. The van der Waals surface area contributed by atoms with Crippen molar-refractivity contribution in [2.45, 2.75) is 52.5 Å². The van der Waals surface area contributed by atoms with E-state index in [2.05, 4.69) is 48.9 Å². The Kier molecular flexibility index (Phi) is 5.66. The van der Waals surface area contributed by atoms with Crippen molar-refractivity contribution in [3.05, 3.63) is 36.0 Å². The fourth-order valence-corrected chi connectivity index (χ4v) is 3.02. The van der Waals surface area contributed by atoms with Crippen molar-refractivity contribution < 1.29 is 0 Å². The molecule has 0 amide bonds. The molecular formula is C18H28N2. The maximum atomic E-state index is 5.74. The number of unbranched alkanes of at least 4 members (excludes halogenated alkanes) is 1. The molecule has 1 heterocycles. The Balaban J connectivity index is 2.24. The summed E-state index contributed by atoms with van der Waals surface area (Å²) in [5.41, 5.74) is 8.51. The lowest BCUT2D eigenvalue weighted by atomic mass is 9.99. The van der Waals surface area contributed by atoms with Crippen molar-refractivity contribution in [1.82, 2.24) is 4.57 Å². The summed E-state index contributed by atoms with van der Waals surface area (Å²) in [6.07, 6.45) is 8.53. The van der Waals surface area contributed by atoms with Gasteiger partial charge in [-0.05, 0) is 36.9 Å². The number of rotatable bonds is 8. The van der Waals surface area contributed by atoms with Crippen molar-refractivity contribution in [2.75, 3.05) is 6.54 Å². The number of fused-ring (bicyclic) bond motifs is 1. The van der Waals surface area contributed by atoms with E-state index in [0.717, 1.165) is 25.4 Å². The van der Waals surface area contributed by atoms with E-state index in [0.29, 0.717) is 0 Å². The summed E-state index contributed by atoms with van der Waals surface area (Å²) in [7, 11) is 0. The number of hydrogen-bond acceptors (Lipinski definition) is 1. The molecule has 0 aliphatic rings. The van der Waals surface area contributed by atoms with Crippen LogP contribution >= 0.6 is 0 Å². The minimum Gasteiger partial charge on any atom is -0.347 e. The summed E-state index contributed by atoms with van der Waals surface area (Å²) in [5, 5.41) is 1.38. The van der Waals surface area contributed by atoms with Crippen LogP contribution in [0.4, 0.5) is 0 Å². The van der Waals surface area contributed by atoms with Gasteiger partial charge in [0.25, 0.3) is 0 Å². The zero-order valence-electron chi connectivity index (χ0n) is 12.9. The van der Waals surface area contributed by atoms with Crippen LogP contribution in [0.3, 0.4) is 0 Å². The van der Waals surface area contributed by atoms with E-state index in [-0.39, 0.29) is 0 Å². The molecule has 0 bridgehead atoms. The first-order valence-corrected chi connectivity index (χ1v) is 8.06. The summed E-state index contributed by atoms with van der Waals surface area (Å²) in [4.78, 5) is 0. The van der Waals surface area contributed by atoms with Gasteiger partial charge in [-0.2, -0.15) is 0 Å². The van der Waals surface area contributed by atoms with Gasteiger partial charge in [0.05, 0.1) is 0 Å². The predicted molar refractivity (Wildman–Crippen MR) is 88.0 cm³/mol. The third-order valence-electron chi connectivity index (χ3n) is 4.28. The molecule has 0 aliphatic carbocycles. The Morgan fingerprint density at radius 2 is 2.00 bits per heavy atom. The van der Waals surface area contributed by atoms with Crippen LogP contribution in [-0.4, -0.2) is 11.1 Å². The Labute approximate surface area is 123 Å². The molecule has 0 aliphatic heterocycles. The standard InChI is InChI=1S/C18H28N2/c1-3-5-8-15(4-2)13-20-14-16(11-12-19)17-9-6-7-10-18(17)20/h6-7,9-10,14-15H,3-5,8,11-13,19H2,1-2H3. The smallest absolute Gasteiger partial charge is 0.0483 e. The third-order valence-corrected chi connectivity index (χ3v) is 4.28. The van der Waals surface area contributed by atoms with Crippen molar-refractivity contribution in [3.8, 4) is 0 Å². The highest BCUT2D eigenvalue weighted by Gasteiger charge is 2.11. The zero-order valence-corrected chi connectivity index (χ0v) is 12.9. The van der Waals surface area contributed by atoms with Gasteiger partial charge in [0, 0.05) is 23.6 Å². The maximum absolute atomic E-state index is 5.74. The van der Waals surface area contributed by atoms with E-state index < -0.39 is 0 Å². The lowest BCUT2D eigenvalue weighted by molar-refractivity contribution is 0.396. The molecule has 2 aromatic rings. The van der Waals surface area contributed by atoms with Crippen LogP contribution in [0.25, 0.3) is 10.9 Å². The number of nitrogens with two attached hydrogens (primary N) is 1. The number of benzene rings is 1. The summed E-state index contributed by atoms with van der Waals surface area (Å²) in [6, 6.07) is 8.73. The van der Waals surface area contributed by atoms with Gasteiger partial charge in [-0.25, -0.2) is 0 Å². The van der Waals surface area contributed by atoms with E-state index in [1.54, 1.807) is 0 Å². The number of aromatic nitrogens is 1. The molecule has 1 atom stereocenters. The molecule has 2 rings (SSSR count). The highest BCUT2D eigenvalue weighted by Crippen LogP contribution is 2.24. The molecule has 20 heavy (non-hydrogen) atoms. The van der Waals surface area contributed by atoms with Crippen LogP contribution in [-0.2, 0) is 13.0 Å². The topological polar surface area (TPSA) is 30.9 Å². The molecule has 0 spiro atoms. The fraction of sp³-hybridized carbons (Fsp3) is 0.556. The summed E-state index contributed by atoms with van der Waals surface area (Å²) in [5.74, 6) is 0.788. The number of hydrogen-bond donors (Lipinski definition) is 1. The highest BCUT2D eigenvalue weighted by molar-refractivity contribution is 5.84. The van der Waals surface area contributed by atoms with Crippen molar-refractivity contribution in [2.24, 2.45) is 11.7 Å². The van der Waals surface area contributed by atoms with Gasteiger partial charge < -0.3 is 10.3 Å². The largest absolute Gasteiger partial charge is 0.347 e. The highest BCUT2D eigenvalue weighted by atomic mass is 15.0. The Morgan fingerprint density at radius 1 is 1.20 bits per heavy atom. The first-order valence-electron chi connectivity index (χ1n) is 8.06. The van der Waals surface area contributed by atoms with Crippen LogP contribution in [0.15, 0.2) is 30.5 Å². The second-order valence-corrected chi connectivity index (χ2v) is 5.78. The van der Waals surface area contributed by atoms with Crippen LogP contribution in [0.5, 0.6) is 0 Å². The second-order valence-electron chi connectivity index (χ2n) is 5.78. The molecule has 1 aromatic heterocycles. The Morgan fingerprint density at radius 3 is 2.70 bits per heavy atom. The molecule has 0 saturated carbocycles. The van der Waals surface area contributed by atoms with E-state index in [9.17, 15) is 0 Å². The van der Waals surface area contributed by atoms with E-state index in [1.807, 2.05) is 0 Å². The molecular weight excluding hydrogens is 244 g/mol. The predicted octanol–water partition coefficient (Wildman–Crippen LogP) is 4.36. The van der Waals surface area contributed by atoms with Gasteiger partial charge in [0.2, 0.25) is 0 Å². The average molecular weight is 272 g/mol. The number of nitrogens with zero attached hydrogens (tertiary/aromatic N) is 1. The SMILES string of the molecule is CCCCC(CC)Cn1cc(CCN)c2ccccc21. The van der Waals surface area contributed by atoms with Gasteiger partial charge in [0.1, 0.15) is 0 Å². The van der Waals surface area contributed by atoms with Gasteiger partial charge in [-0.15, -0.1) is 0 Å². The van der Waals surface area contributed by atoms with Crippen LogP contribution in [0.1, 0.15) is 45.1 Å². The average Bonchev–Trinajstić information content (AvgIpc) is 2.82. The monoisotopic (exact) mass is 272 g/mol. The normalized spacial score (nSPS) is 12.9. The Bertz CT molecular complexity index is 527. The quantitative estimate of drug-likeness (QED) is 0.760. The third kappa shape index (κ3) is 3.43. The van der Waals surface area contributed by atoms with Gasteiger partial charge in [0.15, 0.2) is 0 Å². The van der Waals surface area contributed by atoms with Crippen molar-refractivity contribution in [1.29, 1.82) is 0 Å². The van der Waals surface area contributed by atoms with E-state index in [1.165, 1.54) is 42.1 Å². The first-order chi connectivity index (χ1) is 9.80. The minimum atomic E-state index is 0.723. The van der Waals surface area contributed by atoms with Crippen molar-refractivity contribution in [3.63, 3.8) is 0 Å². The molecule has 1 unspecified atom stereocenters. The van der Waals surface area contributed by atoms with E-state index >= 15 is 0 Å². The molecule has 1 aromatic carbocycles. The maximum Gasteiger partial charge on any atom is 0.0483 e. The minimum absolute atomic E-state index is 0.723. The molecule has 0 radical (unpaired) electrons. The molecule has 2 nitrogen and oxygen atoms in total. The summed E-state index contributed by atoms with van der Waals surface area (Å²) < 4.78 is 2.45. The summed E-state index contributed by atoms with van der Waals surface area (Å²) in [6.45, 7) is 6.45. The van der Waals surface area contributed by atoms with Crippen LogP contribution < -0.4 is 5.73 Å².